The predicted molar refractivity (Wildman–Crippen MR) is 85.6 cm³/mol. The first-order valence-electron chi connectivity index (χ1n) is 6.66. The Hall–Kier alpha value is -1.11. The summed E-state index contributed by atoms with van der Waals surface area (Å²) in [7, 11) is -0.463. The molecule has 0 bridgehead atoms. The molecule has 8 heteroatoms. The second-order valence-electron chi connectivity index (χ2n) is 4.54. The van der Waals surface area contributed by atoms with Crippen molar-refractivity contribution in [3.05, 3.63) is 39.9 Å². The van der Waals surface area contributed by atoms with Crippen LogP contribution in [-0.2, 0) is 16.1 Å². The first-order valence-corrected chi connectivity index (χ1v) is 9.35. The van der Waals surface area contributed by atoms with E-state index in [0.717, 1.165) is 18.9 Å². The molecule has 0 aliphatic carbocycles. The van der Waals surface area contributed by atoms with Gasteiger partial charge in [0, 0.05) is 12.5 Å². The zero-order valence-corrected chi connectivity index (χ0v) is 14.4. The second kappa shape index (κ2) is 9.76. The van der Waals surface area contributed by atoms with E-state index in [1.165, 1.54) is 6.07 Å². The Balaban J connectivity index is 2.29. The van der Waals surface area contributed by atoms with Crippen molar-refractivity contribution in [2.24, 2.45) is 0 Å². The van der Waals surface area contributed by atoms with Gasteiger partial charge in [-0.15, -0.1) is 23.2 Å². The molecule has 0 aromatic heterocycles. The number of halogens is 2. The summed E-state index contributed by atoms with van der Waals surface area (Å²) in [6.45, 7) is -0.0732. The molecule has 0 fully saturated rings. The number of ether oxygens (including phenoxy) is 1. The summed E-state index contributed by atoms with van der Waals surface area (Å²) in [4.78, 5) is 21.9. The van der Waals surface area contributed by atoms with E-state index in [0.29, 0.717) is 12.0 Å². The van der Waals surface area contributed by atoms with Crippen molar-refractivity contribution in [1.29, 1.82) is 0 Å². The monoisotopic (exact) mass is 349 g/mol. The summed E-state index contributed by atoms with van der Waals surface area (Å²) in [5.74, 6) is -0.344. The van der Waals surface area contributed by atoms with E-state index in [2.05, 4.69) is 0 Å². The summed E-state index contributed by atoms with van der Waals surface area (Å²) in [5, 5.41) is 10.8. The van der Waals surface area contributed by atoms with Crippen LogP contribution in [0.4, 0.5) is 5.69 Å². The molecule has 116 valence electrons. The Bertz CT molecular complexity index is 485. The van der Waals surface area contributed by atoms with Gasteiger partial charge in [0.05, 0.1) is 24.5 Å². The van der Waals surface area contributed by atoms with Crippen molar-refractivity contribution >= 4 is 44.4 Å². The molecular formula is C13H17Cl2NO4Si. The number of esters is 1. The van der Waals surface area contributed by atoms with E-state index >= 15 is 0 Å². The lowest BCUT2D eigenvalue weighted by Gasteiger charge is -2.05. The summed E-state index contributed by atoms with van der Waals surface area (Å²) in [5.41, 5.74) is 0.363. The number of para-hydroxylation sites is 1. The highest BCUT2D eigenvalue weighted by molar-refractivity contribution is 6.68. The maximum Gasteiger partial charge on any atom is 0.306 e. The van der Waals surface area contributed by atoms with Crippen LogP contribution < -0.4 is 0 Å². The molecule has 0 aliphatic rings. The van der Waals surface area contributed by atoms with Crippen LogP contribution in [0.5, 0.6) is 0 Å². The number of unbranched alkanes of at least 4 members (excludes halogenated alkanes) is 1. The van der Waals surface area contributed by atoms with Crippen LogP contribution in [0.3, 0.4) is 0 Å². The van der Waals surface area contributed by atoms with Gasteiger partial charge in [-0.3, -0.25) is 14.9 Å². The molecule has 0 amide bonds. The Labute approximate surface area is 135 Å². The van der Waals surface area contributed by atoms with Crippen LogP contribution in [0.1, 0.15) is 24.8 Å². The maximum atomic E-state index is 11.6. The van der Waals surface area contributed by atoms with Gasteiger partial charge in [0.15, 0.2) is 0 Å². The highest BCUT2D eigenvalue weighted by Crippen LogP contribution is 2.18. The molecule has 0 saturated carbocycles. The van der Waals surface area contributed by atoms with Crippen LogP contribution >= 0.6 is 23.2 Å². The average Bonchev–Trinajstić information content (AvgIpc) is 2.44. The number of nitrogens with zero attached hydrogens (tertiary/aromatic N) is 1. The van der Waals surface area contributed by atoms with Crippen LogP contribution in [0.25, 0.3) is 0 Å². The molecule has 21 heavy (non-hydrogen) atoms. The minimum Gasteiger partial charge on any atom is -0.461 e. The van der Waals surface area contributed by atoms with Crippen LogP contribution in [0, 0.1) is 10.1 Å². The van der Waals surface area contributed by atoms with E-state index in [-0.39, 0.29) is 22.7 Å². The fourth-order valence-electron chi connectivity index (χ4n) is 1.79. The van der Waals surface area contributed by atoms with Crippen LogP contribution in [0.2, 0.25) is 6.04 Å². The minimum atomic E-state index is -0.484. The number of nitro benzene ring substituents is 1. The quantitative estimate of drug-likeness (QED) is 0.171. The number of hydrogen-bond acceptors (Lipinski definition) is 4. The van der Waals surface area contributed by atoms with Gasteiger partial charge in [0.2, 0.25) is 0 Å². The van der Waals surface area contributed by atoms with Crippen LogP contribution in [-0.4, -0.2) is 24.9 Å². The fraction of sp³-hybridized carbons (Fsp3) is 0.462. The smallest absolute Gasteiger partial charge is 0.306 e. The third-order valence-corrected chi connectivity index (χ3v) is 5.53. The molecule has 0 N–H and O–H groups in total. The number of rotatable bonds is 9. The molecule has 0 saturated heterocycles. The first-order chi connectivity index (χ1) is 10.0. The van der Waals surface area contributed by atoms with Gasteiger partial charge >= 0.3 is 5.97 Å². The van der Waals surface area contributed by atoms with Crippen molar-refractivity contribution in [1.82, 2.24) is 0 Å². The molecule has 0 atom stereocenters. The lowest BCUT2D eigenvalue weighted by Crippen LogP contribution is -2.06. The van der Waals surface area contributed by atoms with Crippen molar-refractivity contribution < 1.29 is 14.5 Å². The Morgan fingerprint density at radius 1 is 1.33 bits per heavy atom. The van der Waals surface area contributed by atoms with E-state index in [1.54, 1.807) is 18.2 Å². The third kappa shape index (κ3) is 7.45. The molecule has 0 unspecified atom stereocenters. The summed E-state index contributed by atoms with van der Waals surface area (Å²) in [6, 6.07) is 7.22. The lowest BCUT2D eigenvalue weighted by atomic mass is 10.2. The number of alkyl halides is 2. The second-order valence-corrected chi connectivity index (χ2v) is 8.95. The van der Waals surface area contributed by atoms with Crippen molar-refractivity contribution in [2.45, 2.75) is 36.4 Å². The zero-order chi connectivity index (χ0) is 15.7. The highest BCUT2D eigenvalue weighted by Gasteiger charge is 2.13. The van der Waals surface area contributed by atoms with E-state index in [1.807, 2.05) is 0 Å². The van der Waals surface area contributed by atoms with E-state index in [9.17, 15) is 14.9 Å². The molecule has 5 nitrogen and oxygen atoms in total. The average molecular weight is 350 g/mol. The van der Waals surface area contributed by atoms with Gasteiger partial charge < -0.3 is 4.74 Å². The molecule has 0 radical (unpaired) electrons. The molecule has 0 heterocycles. The summed E-state index contributed by atoms with van der Waals surface area (Å²) >= 11 is 11.3. The van der Waals surface area contributed by atoms with Gasteiger partial charge in [-0.05, 0) is 12.5 Å². The standard InChI is InChI=1S/C13H17Cl2NO4Si/c14-13(15)21-8-4-3-7-12(17)20-9-10-5-1-2-6-11(10)16(18)19/h1-2,5-6,13H,3-4,7-9,21H2. The Kier molecular flexibility index (Phi) is 8.33. The topological polar surface area (TPSA) is 69.4 Å². The Morgan fingerprint density at radius 2 is 2.05 bits per heavy atom. The highest BCUT2D eigenvalue weighted by atomic mass is 35.5. The SMILES string of the molecule is O=C(CCCC[SiH2]C(Cl)Cl)OCc1ccccc1[N+](=O)[O-]. The zero-order valence-electron chi connectivity index (χ0n) is 11.5. The Morgan fingerprint density at radius 3 is 2.71 bits per heavy atom. The molecule has 0 spiro atoms. The van der Waals surface area contributed by atoms with Gasteiger partial charge in [-0.2, -0.15) is 0 Å². The van der Waals surface area contributed by atoms with Gasteiger partial charge in [-0.1, -0.05) is 24.6 Å². The lowest BCUT2D eigenvalue weighted by molar-refractivity contribution is -0.385. The van der Waals surface area contributed by atoms with Gasteiger partial charge in [-0.25, -0.2) is 0 Å². The van der Waals surface area contributed by atoms with Crippen molar-refractivity contribution in [3.8, 4) is 0 Å². The van der Waals surface area contributed by atoms with Crippen LogP contribution in [0.15, 0.2) is 24.3 Å². The summed E-state index contributed by atoms with van der Waals surface area (Å²) < 4.78 is 4.84. The van der Waals surface area contributed by atoms with Crippen molar-refractivity contribution in [2.75, 3.05) is 0 Å². The normalized spacial score (nSPS) is 11.2. The molecular weight excluding hydrogens is 333 g/mol. The largest absolute Gasteiger partial charge is 0.461 e. The summed E-state index contributed by atoms with van der Waals surface area (Å²) in [6.07, 6.45) is 1.94. The van der Waals surface area contributed by atoms with E-state index in [4.69, 9.17) is 27.9 Å². The third-order valence-electron chi connectivity index (χ3n) is 2.88. The first kappa shape index (κ1) is 17.9. The predicted octanol–water partition coefficient (Wildman–Crippen LogP) is 3.16. The maximum absolute atomic E-state index is 11.6. The molecule has 1 aromatic carbocycles. The number of carbonyl (C=O) groups is 1. The van der Waals surface area contributed by atoms with Gasteiger partial charge in [0.25, 0.3) is 5.69 Å². The molecule has 1 rings (SSSR count). The number of carbonyl (C=O) groups excluding carboxylic acids is 1. The fourth-order valence-corrected chi connectivity index (χ4v) is 3.66. The number of hydrogen-bond donors (Lipinski definition) is 0. The number of nitro groups is 1. The van der Waals surface area contributed by atoms with Crippen molar-refractivity contribution in [3.63, 3.8) is 0 Å². The minimum absolute atomic E-state index is 0.0356. The van der Waals surface area contributed by atoms with E-state index < -0.39 is 14.4 Å². The molecule has 0 aliphatic heterocycles. The number of benzene rings is 1. The van der Waals surface area contributed by atoms with Gasteiger partial charge in [0.1, 0.15) is 6.61 Å². The molecule has 1 aromatic rings.